The Bertz CT molecular complexity index is 521. The van der Waals surface area contributed by atoms with Crippen LogP contribution in [0.2, 0.25) is 0 Å². The van der Waals surface area contributed by atoms with Crippen LogP contribution in [0, 0.1) is 13.8 Å². The maximum absolute atomic E-state index is 8.86. The Morgan fingerprint density at radius 2 is 1.78 bits per heavy atom. The number of hydrogen-bond donors (Lipinski definition) is 1. The van der Waals surface area contributed by atoms with E-state index in [1.54, 1.807) is 0 Å². The first-order chi connectivity index (χ1) is 8.69. The van der Waals surface area contributed by atoms with Gasteiger partial charge in [0.1, 0.15) is 5.82 Å². The number of aliphatic hydroxyl groups excluding tert-OH is 1. The van der Waals surface area contributed by atoms with Crippen molar-refractivity contribution in [3.63, 3.8) is 0 Å². The van der Waals surface area contributed by atoms with Gasteiger partial charge in [0.25, 0.3) is 0 Å². The Kier molecular flexibility index (Phi) is 4.05. The molecule has 0 amide bonds. The van der Waals surface area contributed by atoms with Crippen LogP contribution in [0.1, 0.15) is 23.5 Å². The molecule has 0 fully saturated rings. The summed E-state index contributed by atoms with van der Waals surface area (Å²) in [5.74, 6) is 0.805. The molecule has 0 radical (unpaired) electrons. The summed E-state index contributed by atoms with van der Waals surface area (Å²) in [5, 5.41) is 8.86. The van der Waals surface area contributed by atoms with Gasteiger partial charge in [-0.15, -0.1) is 0 Å². The van der Waals surface area contributed by atoms with Gasteiger partial charge in [-0.05, 0) is 26.3 Å². The third kappa shape index (κ3) is 3.14. The van der Waals surface area contributed by atoms with Crippen molar-refractivity contribution >= 4 is 0 Å². The second-order valence-electron chi connectivity index (χ2n) is 4.50. The zero-order chi connectivity index (χ0) is 13.0. The fraction of sp³-hybridized carbons (Fsp3) is 0.333. The molecule has 94 valence electrons. The van der Waals surface area contributed by atoms with Crippen molar-refractivity contribution in [1.29, 1.82) is 0 Å². The smallest absolute Gasteiger partial charge is 0.129 e. The average Bonchev–Trinajstić information content (AvgIpc) is 2.36. The van der Waals surface area contributed by atoms with Crippen LogP contribution in [0.4, 0.5) is 0 Å². The zero-order valence-corrected chi connectivity index (χ0v) is 10.8. The molecule has 0 atom stereocenters. The molecule has 1 heterocycles. The Morgan fingerprint density at radius 3 is 2.44 bits per heavy atom. The molecule has 0 saturated heterocycles. The maximum atomic E-state index is 8.86. The second-order valence-corrected chi connectivity index (χ2v) is 4.50. The molecular weight excluding hydrogens is 224 g/mol. The Labute approximate surface area is 108 Å². The van der Waals surface area contributed by atoms with Crippen LogP contribution < -0.4 is 0 Å². The van der Waals surface area contributed by atoms with Gasteiger partial charge in [0.15, 0.2) is 0 Å². The van der Waals surface area contributed by atoms with Gasteiger partial charge >= 0.3 is 0 Å². The highest BCUT2D eigenvalue weighted by molar-refractivity contribution is 5.59. The van der Waals surface area contributed by atoms with Crippen LogP contribution in [0.5, 0.6) is 0 Å². The summed E-state index contributed by atoms with van der Waals surface area (Å²) in [6.45, 7) is 4.22. The molecule has 0 aliphatic carbocycles. The second kappa shape index (κ2) is 5.74. The summed E-state index contributed by atoms with van der Waals surface area (Å²) >= 11 is 0. The van der Waals surface area contributed by atoms with E-state index in [2.05, 4.69) is 41.2 Å². The summed E-state index contributed by atoms with van der Waals surface area (Å²) in [6, 6.07) is 10.3. The third-order valence-corrected chi connectivity index (χ3v) is 2.81. The van der Waals surface area contributed by atoms with Crippen LogP contribution in [0.25, 0.3) is 11.3 Å². The molecule has 0 unspecified atom stereocenters. The highest BCUT2D eigenvalue weighted by atomic mass is 16.2. The van der Waals surface area contributed by atoms with E-state index >= 15 is 0 Å². The summed E-state index contributed by atoms with van der Waals surface area (Å²) in [7, 11) is 0. The molecule has 1 aromatic carbocycles. The number of benzene rings is 1. The van der Waals surface area contributed by atoms with Crippen LogP contribution in [-0.2, 0) is 6.42 Å². The minimum Gasteiger partial charge on any atom is -0.396 e. The molecule has 0 aliphatic rings. The lowest BCUT2D eigenvalue weighted by atomic mass is 10.1. The monoisotopic (exact) mass is 242 g/mol. The van der Waals surface area contributed by atoms with Crippen LogP contribution in [-0.4, -0.2) is 21.7 Å². The van der Waals surface area contributed by atoms with Crippen LogP contribution in [0.15, 0.2) is 30.3 Å². The van der Waals surface area contributed by atoms with Gasteiger partial charge in [0.05, 0.1) is 5.69 Å². The lowest BCUT2D eigenvalue weighted by molar-refractivity contribution is 0.287. The van der Waals surface area contributed by atoms with Crippen molar-refractivity contribution in [2.24, 2.45) is 0 Å². The Hall–Kier alpha value is -1.74. The molecule has 2 aromatic rings. The summed E-state index contributed by atoms with van der Waals surface area (Å²) < 4.78 is 0. The normalized spacial score (nSPS) is 10.6. The molecule has 18 heavy (non-hydrogen) atoms. The summed E-state index contributed by atoms with van der Waals surface area (Å²) in [5.41, 5.74) is 4.27. The minimum absolute atomic E-state index is 0.178. The lowest BCUT2D eigenvalue weighted by Crippen LogP contribution is -2.00. The largest absolute Gasteiger partial charge is 0.396 e. The molecule has 0 saturated carbocycles. The first-order valence-corrected chi connectivity index (χ1v) is 6.21. The molecule has 1 aromatic heterocycles. The first kappa shape index (κ1) is 12.7. The first-order valence-electron chi connectivity index (χ1n) is 6.21. The molecule has 3 heteroatoms. The number of aryl methyl sites for hydroxylation is 3. The third-order valence-electron chi connectivity index (χ3n) is 2.81. The van der Waals surface area contributed by atoms with Gasteiger partial charge < -0.3 is 5.11 Å². The van der Waals surface area contributed by atoms with E-state index in [9.17, 15) is 0 Å². The Morgan fingerprint density at radius 1 is 1.06 bits per heavy atom. The quantitative estimate of drug-likeness (QED) is 0.896. The van der Waals surface area contributed by atoms with Crippen molar-refractivity contribution in [2.75, 3.05) is 6.61 Å². The highest BCUT2D eigenvalue weighted by Crippen LogP contribution is 2.18. The van der Waals surface area contributed by atoms with E-state index in [-0.39, 0.29) is 6.61 Å². The number of nitrogens with zero attached hydrogens (tertiary/aromatic N) is 2. The summed E-state index contributed by atoms with van der Waals surface area (Å²) in [4.78, 5) is 8.94. The van der Waals surface area contributed by atoms with E-state index in [4.69, 9.17) is 5.11 Å². The standard InChI is InChI=1S/C15H18N2O/c1-11-5-7-13(8-6-11)14-10-12(2)16-15(17-14)4-3-9-18/h5-8,10,18H,3-4,9H2,1-2H3. The SMILES string of the molecule is Cc1ccc(-c2cc(C)nc(CCCO)n2)cc1. The molecule has 0 bridgehead atoms. The molecule has 1 N–H and O–H groups in total. The maximum Gasteiger partial charge on any atom is 0.129 e. The predicted molar refractivity (Wildman–Crippen MR) is 72.3 cm³/mol. The van der Waals surface area contributed by atoms with Crippen molar-refractivity contribution in [2.45, 2.75) is 26.7 Å². The predicted octanol–water partition coefficient (Wildman–Crippen LogP) is 2.69. The fourth-order valence-corrected chi connectivity index (χ4v) is 1.85. The topological polar surface area (TPSA) is 46.0 Å². The number of rotatable bonds is 4. The van der Waals surface area contributed by atoms with Gasteiger partial charge in [-0.3, -0.25) is 0 Å². The van der Waals surface area contributed by atoms with E-state index in [1.807, 2.05) is 13.0 Å². The van der Waals surface area contributed by atoms with E-state index in [0.29, 0.717) is 6.42 Å². The summed E-state index contributed by atoms with van der Waals surface area (Å²) in [6.07, 6.45) is 1.42. The van der Waals surface area contributed by atoms with Crippen LogP contribution in [0.3, 0.4) is 0 Å². The molecule has 0 aliphatic heterocycles. The van der Waals surface area contributed by atoms with Gasteiger partial charge in [-0.1, -0.05) is 29.8 Å². The Balaban J connectivity index is 2.32. The van der Waals surface area contributed by atoms with E-state index < -0.39 is 0 Å². The van der Waals surface area contributed by atoms with Gasteiger partial charge in [0.2, 0.25) is 0 Å². The molecule has 3 nitrogen and oxygen atoms in total. The average molecular weight is 242 g/mol. The zero-order valence-electron chi connectivity index (χ0n) is 10.8. The lowest BCUT2D eigenvalue weighted by Gasteiger charge is -2.06. The minimum atomic E-state index is 0.178. The fourth-order valence-electron chi connectivity index (χ4n) is 1.85. The molecule has 2 rings (SSSR count). The number of hydrogen-bond acceptors (Lipinski definition) is 3. The van der Waals surface area contributed by atoms with Crippen molar-refractivity contribution in [3.8, 4) is 11.3 Å². The van der Waals surface area contributed by atoms with Crippen LogP contribution >= 0.6 is 0 Å². The van der Waals surface area contributed by atoms with E-state index in [1.165, 1.54) is 5.56 Å². The van der Waals surface area contributed by atoms with Gasteiger partial charge in [-0.25, -0.2) is 9.97 Å². The number of aromatic nitrogens is 2. The van der Waals surface area contributed by atoms with E-state index in [0.717, 1.165) is 29.2 Å². The van der Waals surface area contributed by atoms with Crippen molar-refractivity contribution in [3.05, 3.63) is 47.4 Å². The molecule has 0 spiro atoms. The molecular formula is C15H18N2O. The van der Waals surface area contributed by atoms with Crippen molar-refractivity contribution < 1.29 is 5.11 Å². The number of aliphatic hydroxyl groups is 1. The highest BCUT2D eigenvalue weighted by Gasteiger charge is 2.04. The van der Waals surface area contributed by atoms with Gasteiger partial charge in [0, 0.05) is 24.3 Å². The van der Waals surface area contributed by atoms with Crippen molar-refractivity contribution in [1.82, 2.24) is 9.97 Å². The van der Waals surface area contributed by atoms with Gasteiger partial charge in [-0.2, -0.15) is 0 Å².